The predicted molar refractivity (Wildman–Crippen MR) is 83.6 cm³/mol. The standard InChI is InChI=1S/C17H11F4N3O/c1-9-2-3-11(8-13(9)17(19,20)21)24-16(25)12-6-10(18)7-14-15(12)23-5-4-22-14/h2-8H,1H3,(H,24,25). The lowest BCUT2D eigenvalue weighted by Crippen LogP contribution is -2.15. The number of nitrogens with one attached hydrogen (secondary N) is 1. The Hall–Kier alpha value is -3.03. The summed E-state index contributed by atoms with van der Waals surface area (Å²) in [5.74, 6) is -1.47. The van der Waals surface area contributed by atoms with E-state index < -0.39 is 23.5 Å². The number of nitrogens with zero attached hydrogens (tertiary/aromatic N) is 2. The highest BCUT2D eigenvalue weighted by atomic mass is 19.4. The van der Waals surface area contributed by atoms with Gasteiger partial charge < -0.3 is 5.32 Å². The fraction of sp³-hybridized carbons (Fsp3) is 0.118. The van der Waals surface area contributed by atoms with Crippen molar-refractivity contribution in [1.29, 1.82) is 0 Å². The zero-order valence-electron chi connectivity index (χ0n) is 12.9. The highest BCUT2D eigenvalue weighted by Crippen LogP contribution is 2.33. The normalized spacial score (nSPS) is 11.6. The molecule has 25 heavy (non-hydrogen) atoms. The number of hydrogen-bond acceptors (Lipinski definition) is 3. The number of carbonyl (C=O) groups is 1. The number of alkyl halides is 3. The molecule has 0 atom stereocenters. The van der Waals surface area contributed by atoms with E-state index in [1.807, 2.05) is 0 Å². The van der Waals surface area contributed by atoms with Crippen LogP contribution in [0.25, 0.3) is 11.0 Å². The summed E-state index contributed by atoms with van der Waals surface area (Å²) in [6, 6.07) is 5.51. The first-order valence-corrected chi connectivity index (χ1v) is 7.15. The Morgan fingerprint density at radius 2 is 1.80 bits per heavy atom. The molecule has 0 saturated heterocycles. The van der Waals surface area contributed by atoms with Crippen LogP contribution in [0.1, 0.15) is 21.5 Å². The molecule has 1 aromatic heterocycles. The van der Waals surface area contributed by atoms with Crippen molar-refractivity contribution >= 4 is 22.6 Å². The van der Waals surface area contributed by atoms with Crippen molar-refractivity contribution in [2.45, 2.75) is 13.1 Å². The van der Waals surface area contributed by atoms with Crippen LogP contribution in [-0.4, -0.2) is 15.9 Å². The molecule has 128 valence electrons. The lowest BCUT2D eigenvalue weighted by molar-refractivity contribution is -0.138. The molecule has 0 radical (unpaired) electrons. The third-order valence-corrected chi connectivity index (χ3v) is 3.58. The summed E-state index contributed by atoms with van der Waals surface area (Å²) in [6.45, 7) is 1.32. The van der Waals surface area contributed by atoms with Crippen molar-refractivity contribution in [3.8, 4) is 0 Å². The molecule has 3 aromatic rings. The largest absolute Gasteiger partial charge is 0.416 e. The van der Waals surface area contributed by atoms with Gasteiger partial charge in [0.15, 0.2) is 0 Å². The van der Waals surface area contributed by atoms with Crippen LogP contribution in [-0.2, 0) is 6.18 Å². The summed E-state index contributed by atoms with van der Waals surface area (Å²) in [5, 5.41) is 2.34. The van der Waals surface area contributed by atoms with Gasteiger partial charge in [-0.15, -0.1) is 0 Å². The Balaban J connectivity index is 1.99. The van der Waals surface area contributed by atoms with Crippen molar-refractivity contribution in [3.05, 3.63) is 65.2 Å². The van der Waals surface area contributed by atoms with Gasteiger partial charge in [0.1, 0.15) is 11.3 Å². The average Bonchev–Trinajstić information content (AvgIpc) is 2.54. The van der Waals surface area contributed by atoms with Gasteiger partial charge in [0.05, 0.1) is 16.6 Å². The number of rotatable bonds is 2. The maximum atomic E-state index is 13.7. The molecule has 4 nitrogen and oxygen atoms in total. The first-order chi connectivity index (χ1) is 11.8. The fourth-order valence-corrected chi connectivity index (χ4v) is 2.42. The van der Waals surface area contributed by atoms with Gasteiger partial charge in [-0.05, 0) is 30.7 Å². The van der Waals surface area contributed by atoms with E-state index in [9.17, 15) is 22.4 Å². The highest BCUT2D eigenvalue weighted by Gasteiger charge is 2.32. The van der Waals surface area contributed by atoms with E-state index in [2.05, 4.69) is 15.3 Å². The first-order valence-electron chi connectivity index (χ1n) is 7.15. The maximum absolute atomic E-state index is 13.7. The SMILES string of the molecule is Cc1ccc(NC(=O)c2cc(F)cc3nccnc23)cc1C(F)(F)F. The van der Waals surface area contributed by atoms with E-state index in [0.29, 0.717) is 0 Å². The number of amides is 1. The number of aromatic nitrogens is 2. The lowest BCUT2D eigenvalue weighted by atomic mass is 10.1. The van der Waals surface area contributed by atoms with E-state index in [-0.39, 0.29) is 27.8 Å². The lowest BCUT2D eigenvalue weighted by Gasteiger charge is -2.13. The molecule has 0 aliphatic heterocycles. The summed E-state index contributed by atoms with van der Waals surface area (Å²) in [7, 11) is 0. The van der Waals surface area contributed by atoms with Gasteiger partial charge in [-0.1, -0.05) is 6.07 Å². The molecule has 3 rings (SSSR count). The van der Waals surface area contributed by atoms with Crippen LogP contribution in [0.3, 0.4) is 0 Å². The summed E-state index contributed by atoms with van der Waals surface area (Å²) in [5.41, 5.74) is -0.652. The second-order valence-electron chi connectivity index (χ2n) is 5.36. The van der Waals surface area contributed by atoms with Crippen LogP contribution in [0.15, 0.2) is 42.7 Å². The van der Waals surface area contributed by atoms with E-state index >= 15 is 0 Å². The minimum absolute atomic E-state index is 0.0348. The van der Waals surface area contributed by atoms with Gasteiger partial charge >= 0.3 is 6.18 Å². The van der Waals surface area contributed by atoms with E-state index in [1.165, 1.54) is 31.5 Å². The zero-order chi connectivity index (χ0) is 18.2. The Bertz CT molecular complexity index is 970. The van der Waals surface area contributed by atoms with E-state index in [4.69, 9.17) is 0 Å². The topological polar surface area (TPSA) is 54.9 Å². The molecule has 8 heteroatoms. The van der Waals surface area contributed by atoms with Crippen LogP contribution in [0.4, 0.5) is 23.2 Å². The van der Waals surface area contributed by atoms with E-state index in [1.54, 1.807) is 0 Å². The average molecular weight is 349 g/mol. The minimum Gasteiger partial charge on any atom is -0.322 e. The third kappa shape index (κ3) is 3.42. The molecule has 1 N–H and O–H groups in total. The van der Waals surface area contributed by atoms with Crippen molar-refractivity contribution in [2.75, 3.05) is 5.32 Å². The van der Waals surface area contributed by atoms with Crippen LogP contribution in [0.5, 0.6) is 0 Å². The number of benzene rings is 2. The number of fused-ring (bicyclic) bond motifs is 1. The number of hydrogen-bond donors (Lipinski definition) is 1. The van der Waals surface area contributed by atoms with Crippen molar-refractivity contribution < 1.29 is 22.4 Å². The van der Waals surface area contributed by atoms with Crippen molar-refractivity contribution in [1.82, 2.24) is 9.97 Å². The maximum Gasteiger partial charge on any atom is 0.416 e. The molecular formula is C17H11F4N3O. The molecular weight excluding hydrogens is 338 g/mol. The molecule has 0 unspecified atom stereocenters. The molecule has 0 aliphatic rings. The van der Waals surface area contributed by atoms with Gasteiger partial charge in [-0.25, -0.2) is 4.39 Å². The molecule has 0 saturated carbocycles. The second kappa shape index (κ2) is 6.12. The third-order valence-electron chi connectivity index (χ3n) is 3.58. The number of carbonyl (C=O) groups excluding carboxylic acids is 1. The Labute approximate surface area is 139 Å². The number of anilines is 1. The van der Waals surface area contributed by atoms with Gasteiger partial charge in [-0.2, -0.15) is 13.2 Å². The zero-order valence-corrected chi connectivity index (χ0v) is 12.9. The summed E-state index contributed by atoms with van der Waals surface area (Å²) < 4.78 is 52.6. The van der Waals surface area contributed by atoms with Gasteiger partial charge in [0.25, 0.3) is 5.91 Å². The Morgan fingerprint density at radius 3 is 2.52 bits per heavy atom. The van der Waals surface area contributed by atoms with Crippen LogP contribution < -0.4 is 5.32 Å². The van der Waals surface area contributed by atoms with Crippen LogP contribution >= 0.6 is 0 Å². The second-order valence-corrected chi connectivity index (χ2v) is 5.36. The Morgan fingerprint density at radius 1 is 1.08 bits per heavy atom. The smallest absolute Gasteiger partial charge is 0.322 e. The van der Waals surface area contributed by atoms with Crippen LogP contribution in [0, 0.1) is 12.7 Å². The predicted octanol–water partition coefficient (Wildman–Crippen LogP) is 4.35. The fourth-order valence-electron chi connectivity index (χ4n) is 2.42. The first kappa shape index (κ1) is 16.8. The monoisotopic (exact) mass is 349 g/mol. The Kier molecular flexibility index (Phi) is 4.12. The van der Waals surface area contributed by atoms with Gasteiger partial charge in [-0.3, -0.25) is 14.8 Å². The minimum atomic E-state index is -4.54. The van der Waals surface area contributed by atoms with E-state index in [0.717, 1.165) is 18.2 Å². The van der Waals surface area contributed by atoms with Crippen molar-refractivity contribution in [2.24, 2.45) is 0 Å². The number of aryl methyl sites for hydroxylation is 1. The number of halogens is 4. The molecule has 0 spiro atoms. The molecule has 2 aromatic carbocycles. The summed E-state index contributed by atoms with van der Waals surface area (Å²) in [4.78, 5) is 20.3. The molecule has 0 fully saturated rings. The highest BCUT2D eigenvalue weighted by molar-refractivity contribution is 6.11. The van der Waals surface area contributed by atoms with Crippen molar-refractivity contribution in [3.63, 3.8) is 0 Å². The summed E-state index contributed by atoms with van der Waals surface area (Å²) in [6.07, 6.45) is -1.86. The molecule has 0 bridgehead atoms. The molecule has 0 aliphatic carbocycles. The van der Waals surface area contributed by atoms with Gasteiger partial charge in [0.2, 0.25) is 0 Å². The van der Waals surface area contributed by atoms with Crippen LogP contribution in [0.2, 0.25) is 0 Å². The quantitative estimate of drug-likeness (QED) is 0.700. The summed E-state index contributed by atoms with van der Waals surface area (Å²) >= 11 is 0. The molecule has 1 heterocycles. The molecule has 1 amide bonds. The van der Waals surface area contributed by atoms with Gasteiger partial charge in [0, 0.05) is 24.1 Å².